The first-order chi connectivity index (χ1) is 16.4. The van der Waals surface area contributed by atoms with Crippen LogP contribution < -0.4 is 20.5 Å². The van der Waals surface area contributed by atoms with E-state index in [1.54, 1.807) is 31.4 Å². The summed E-state index contributed by atoms with van der Waals surface area (Å²) in [7, 11) is 1.54. The van der Waals surface area contributed by atoms with Gasteiger partial charge in [0.1, 0.15) is 34.2 Å². The van der Waals surface area contributed by atoms with Gasteiger partial charge in [0.05, 0.1) is 20.0 Å². The molecule has 1 aliphatic rings. The molecular weight excluding hydrogens is 432 g/mol. The average Bonchev–Trinajstić information content (AvgIpc) is 3.18. The Bertz CT molecular complexity index is 1290. The topological polar surface area (TPSA) is 105 Å². The highest BCUT2D eigenvalue weighted by Gasteiger charge is 2.27. The van der Waals surface area contributed by atoms with Crippen molar-refractivity contribution in [1.29, 1.82) is 5.26 Å². The van der Waals surface area contributed by atoms with Gasteiger partial charge in [0.2, 0.25) is 0 Å². The fourth-order valence-corrected chi connectivity index (χ4v) is 4.32. The molecule has 0 atom stereocenters. The van der Waals surface area contributed by atoms with E-state index in [1.165, 1.54) is 10.9 Å². The van der Waals surface area contributed by atoms with Crippen LogP contribution in [0, 0.1) is 17.2 Å². The van der Waals surface area contributed by atoms with E-state index in [2.05, 4.69) is 35.1 Å². The van der Waals surface area contributed by atoms with Gasteiger partial charge in [-0.2, -0.15) is 5.26 Å². The number of nitriles is 1. The molecule has 0 unspecified atom stereocenters. The summed E-state index contributed by atoms with van der Waals surface area (Å²) in [6.07, 6.45) is 2.22. The Balaban J connectivity index is 1.81. The van der Waals surface area contributed by atoms with Gasteiger partial charge >= 0.3 is 0 Å². The smallest absolute Gasteiger partial charge is 0.278 e. The van der Waals surface area contributed by atoms with Crippen LogP contribution in [0.1, 0.15) is 36.2 Å². The van der Waals surface area contributed by atoms with Gasteiger partial charge in [0.25, 0.3) is 5.56 Å². The second-order valence-electron chi connectivity index (χ2n) is 8.91. The molecular formula is C25H30N6O3. The lowest BCUT2D eigenvalue weighted by Gasteiger charge is -2.30. The highest BCUT2D eigenvalue weighted by Crippen LogP contribution is 2.31. The van der Waals surface area contributed by atoms with Gasteiger partial charge in [-0.05, 0) is 24.5 Å². The molecule has 2 aromatic heterocycles. The van der Waals surface area contributed by atoms with E-state index in [4.69, 9.17) is 4.74 Å². The zero-order valence-electron chi connectivity index (χ0n) is 19.9. The molecule has 1 fully saturated rings. The normalized spacial score (nSPS) is 13.9. The van der Waals surface area contributed by atoms with Gasteiger partial charge in [-0.1, -0.05) is 26.0 Å². The molecule has 0 saturated carbocycles. The van der Waals surface area contributed by atoms with Crippen LogP contribution in [0.3, 0.4) is 0 Å². The van der Waals surface area contributed by atoms with E-state index in [0.29, 0.717) is 40.4 Å². The van der Waals surface area contributed by atoms with Crippen LogP contribution in [0.5, 0.6) is 5.75 Å². The van der Waals surface area contributed by atoms with Crippen LogP contribution >= 0.6 is 0 Å². The number of rotatable bonds is 8. The van der Waals surface area contributed by atoms with E-state index in [1.807, 2.05) is 4.57 Å². The number of aromatic nitrogens is 3. The third-order valence-corrected chi connectivity index (χ3v) is 6.16. The number of methoxy groups -OCH3 is 1. The zero-order valence-corrected chi connectivity index (χ0v) is 19.9. The first-order valence-electron chi connectivity index (χ1n) is 11.6. The minimum atomic E-state index is -0.317. The Hall–Kier alpha value is -3.64. The predicted molar refractivity (Wildman–Crippen MR) is 131 cm³/mol. The lowest BCUT2D eigenvalue weighted by Crippen LogP contribution is -2.44. The molecule has 4 rings (SSSR count). The van der Waals surface area contributed by atoms with Crippen molar-refractivity contribution in [1.82, 2.24) is 19.4 Å². The number of ether oxygens (including phenoxy) is 1. The summed E-state index contributed by atoms with van der Waals surface area (Å²) < 4.78 is 8.49. The summed E-state index contributed by atoms with van der Waals surface area (Å²) >= 11 is 0. The molecule has 1 N–H and O–H groups in total. The number of anilines is 1. The van der Waals surface area contributed by atoms with Gasteiger partial charge in [-0.25, -0.2) is 4.98 Å². The molecule has 0 amide bonds. The number of benzene rings is 1. The van der Waals surface area contributed by atoms with E-state index in [-0.39, 0.29) is 17.9 Å². The number of nitrogens with one attached hydrogen (secondary N) is 1. The van der Waals surface area contributed by atoms with Crippen molar-refractivity contribution in [3.8, 4) is 11.8 Å². The lowest BCUT2D eigenvalue weighted by molar-refractivity contribution is 0.0970. The van der Waals surface area contributed by atoms with Gasteiger partial charge < -0.3 is 19.5 Å². The highest BCUT2D eigenvalue weighted by molar-refractivity contribution is 5.96. The predicted octanol–water partition coefficient (Wildman–Crippen LogP) is 2.42. The number of carbonyl (C=O) groups excluding carboxylic acids is 1. The minimum absolute atomic E-state index is 0.144. The molecule has 9 nitrogen and oxygen atoms in total. The molecule has 0 bridgehead atoms. The van der Waals surface area contributed by atoms with Crippen LogP contribution in [0.15, 0.2) is 35.4 Å². The first-order valence-corrected chi connectivity index (χ1v) is 11.6. The molecule has 0 radical (unpaired) electrons. The summed E-state index contributed by atoms with van der Waals surface area (Å²) in [5.74, 6) is 1.53. The maximum atomic E-state index is 13.6. The zero-order chi connectivity index (χ0) is 24.2. The number of fused-ring (bicyclic) bond motifs is 1. The maximum absolute atomic E-state index is 13.6. The van der Waals surface area contributed by atoms with Gasteiger partial charge in [0.15, 0.2) is 5.78 Å². The van der Waals surface area contributed by atoms with Crippen LogP contribution in [0.2, 0.25) is 0 Å². The van der Waals surface area contributed by atoms with E-state index >= 15 is 0 Å². The van der Waals surface area contributed by atoms with Crippen LogP contribution in [-0.4, -0.2) is 53.2 Å². The van der Waals surface area contributed by atoms with E-state index in [0.717, 1.165) is 38.4 Å². The number of nitrogens with zero attached hydrogens (tertiary/aromatic N) is 5. The fraction of sp³-hybridized carbons (Fsp3) is 0.440. The number of carbonyl (C=O) groups is 1. The van der Waals surface area contributed by atoms with Crippen molar-refractivity contribution < 1.29 is 9.53 Å². The summed E-state index contributed by atoms with van der Waals surface area (Å²) in [5, 5.41) is 13.4. The van der Waals surface area contributed by atoms with Crippen molar-refractivity contribution in [2.75, 3.05) is 38.2 Å². The van der Waals surface area contributed by atoms with Gasteiger partial charge in [0, 0.05) is 38.3 Å². The standard InChI is InChI=1S/C25H30N6O3/c1-17(2)7-10-31-23-22(20(14-26)24(31)29-11-8-27-9-12-29)28-16-30(25(23)33)15-21(32)18-5-4-6-19(13-18)34-3/h4-6,13,16-17,27H,7-12,15H2,1-3H3. The van der Waals surface area contributed by atoms with Crippen molar-refractivity contribution in [3.05, 3.63) is 52.1 Å². The summed E-state index contributed by atoms with van der Waals surface area (Å²) in [4.78, 5) is 33.2. The first kappa shape index (κ1) is 23.5. The van der Waals surface area contributed by atoms with Crippen LogP contribution in [0.4, 0.5) is 5.82 Å². The third-order valence-electron chi connectivity index (χ3n) is 6.16. The molecule has 9 heteroatoms. The molecule has 3 heterocycles. The fourth-order valence-electron chi connectivity index (χ4n) is 4.32. The Morgan fingerprint density at radius 3 is 2.74 bits per heavy atom. The lowest BCUT2D eigenvalue weighted by atomic mass is 10.1. The van der Waals surface area contributed by atoms with Crippen LogP contribution in [-0.2, 0) is 13.1 Å². The maximum Gasteiger partial charge on any atom is 0.278 e. The number of ketones is 1. The van der Waals surface area contributed by atoms with Crippen LogP contribution in [0.25, 0.3) is 11.0 Å². The summed E-state index contributed by atoms with van der Waals surface area (Å²) in [6.45, 7) is 7.82. The number of piperazine rings is 1. The monoisotopic (exact) mass is 462 g/mol. The Morgan fingerprint density at radius 1 is 1.29 bits per heavy atom. The molecule has 34 heavy (non-hydrogen) atoms. The summed E-state index contributed by atoms with van der Waals surface area (Å²) in [5.41, 5.74) is 1.34. The number of aryl methyl sites for hydroxylation is 1. The van der Waals surface area contributed by atoms with E-state index in [9.17, 15) is 14.9 Å². The molecule has 0 spiro atoms. The van der Waals surface area contributed by atoms with Crippen molar-refractivity contribution in [2.24, 2.45) is 5.92 Å². The Kier molecular flexibility index (Phi) is 6.98. The third kappa shape index (κ3) is 4.54. The number of Topliss-reactive ketones (excluding diaryl/α,β-unsaturated/α-hetero) is 1. The largest absolute Gasteiger partial charge is 0.497 e. The molecule has 1 aliphatic heterocycles. The highest BCUT2D eigenvalue weighted by atomic mass is 16.5. The Labute approximate surface area is 198 Å². The molecule has 0 aliphatic carbocycles. The summed E-state index contributed by atoms with van der Waals surface area (Å²) in [6, 6.07) is 9.15. The Morgan fingerprint density at radius 2 is 2.06 bits per heavy atom. The quantitative estimate of drug-likeness (QED) is 0.513. The average molecular weight is 463 g/mol. The SMILES string of the molecule is COc1cccc(C(=O)Cn2cnc3c(C#N)c(N4CCNCC4)n(CCC(C)C)c3c2=O)c1. The number of hydrogen-bond donors (Lipinski definition) is 1. The molecule has 1 saturated heterocycles. The van der Waals surface area contributed by atoms with Gasteiger partial charge in [-0.3, -0.25) is 14.2 Å². The minimum Gasteiger partial charge on any atom is -0.497 e. The second-order valence-corrected chi connectivity index (χ2v) is 8.91. The molecule has 3 aromatic rings. The van der Waals surface area contributed by atoms with E-state index < -0.39 is 0 Å². The number of hydrogen-bond acceptors (Lipinski definition) is 7. The second kappa shape index (κ2) is 10.1. The van der Waals surface area contributed by atoms with Crippen molar-refractivity contribution >= 4 is 22.6 Å². The van der Waals surface area contributed by atoms with Crippen molar-refractivity contribution in [2.45, 2.75) is 33.4 Å². The van der Waals surface area contributed by atoms with Gasteiger partial charge in [-0.15, -0.1) is 0 Å². The van der Waals surface area contributed by atoms with Crippen molar-refractivity contribution in [3.63, 3.8) is 0 Å². The molecule has 178 valence electrons. The molecule has 1 aromatic carbocycles.